The Morgan fingerprint density at radius 1 is 1.04 bits per heavy atom. The fraction of sp³-hybridized carbons (Fsp3) is 0.316. The maximum atomic E-state index is 12.6. The van der Waals surface area contributed by atoms with Crippen molar-refractivity contribution in [2.75, 3.05) is 26.5 Å². The van der Waals surface area contributed by atoms with Gasteiger partial charge in [-0.05, 0) is 29.8 Å². The fourth-order valence-electron chi connectivity index (χ4n) is 2.49. The topological polar surface area (TPSA) is 41.6 Å². The first-order valence-corrected chi connectivity index (χ1v) is 7.69. The van der Waals surface area contributed by atoms with E-state index in [9.17, 15) is 4.79 Å². The number of amides is 1. The molecule has 4 heteroatoms. The number of carbonyl (C=O) groups is 1. The molecule has 0 aliphatic carbocycles. The van der Waals surface area contributed by atoms with Crippen molar-refractivity contribution in [1.29, 1.82) is 0 Å². The van der Waals surface area contributed by atoms with Crippen LogP contribution >= 0.6 is 0 Å². The van der Waals surface area contributed by atoms with Crippen LogP contribution in [0.3, 0.4) is 0 Å². The van der Waals surface area contributed by atoms with E-state index < -0.39 is 0 Å². The minimum absolute atomic E-state index is 0.0493. The summed E-state index contributed by atoms with van der Waals surface area (Å²) in [5.74, 6) is 0.896. The number of benzene rings is 2. The molecule has 0 aliphatic rings. The third-order valence-electron chi connectivity index (χ3n) is 3.94. The van der Waals surface area contributed by atoms with Gasteiger partial charge < -0.3 is 15.0 Å². The average molecular weight is 312 g/mol. The van der Waals surface area contributed by atoms with Crippen LogP contribution in [0, 0.1) is 0 Å². The Morgan fingerprint density at radius 2 is 1.65 bits per heavy atom. The van der Waals surface area contributed by atoms with E-state index in [4.69, 9.17) is 4.74 Å². The molecule has 2 atom stereocenters. The first kappa shape index (κ1) is 16.9. The minimum Gasteiger partial charge on any atom is -0.497 e. The second-order valence-corrected chi connectivity index (χ2v) is 5.78. The highest BCUT2D eigenvalue weighted by atomic mass is 16.5. The summed E-state index contributed by atoms with van der Waals surface area (Å²) in [5.41, 5.74) is 2.03. The van der Waals surface area contributed by atoms with Crippen molar-refractivity contribution in [1.82, 2.24) is 4.90 Å². The molecule has 122 valence electrons. The van der Waals surface area contributed by atoms with Crippen LogP contribution in [-0.2, 0) is 4.79 Å². The zero-order chi connectivity index (χ0) is 16.8. The maximum Gasteiger partial charge on any atom is 0.245 e. The van der Waals surface area contributed by atoms with Gasteiger partial charge in [0.05, 0.1) is 7.11 Å². The molecule has 0 heterocycles. The average Bonchev–Trinajstić information content (AvgIpc) is 2.59. The molecule has 0 saturated carbocycles. The lowest BCUT2D eigenvalue weighted by Gasteiger charge is -2.28. The Morgan fingerprint density at radius 3 is 2.17 bits per heavy atom. The molecule has 4 nitrogen and oxygen atoms in total. The fourth-order valence-corrected chi connectivity index (χ4v) is 2.49. The monoisotopic (exact) mass is 312 g/mol. The lowest BCUT2D eigenvalue weighted by Crippen LogP contribution is -2.42. The van der Waals surface area contributed by atoms with Crippen molar-refractivity contribution in [3.05, 3.63) is 60.2 Å². The van der Waals surface area contributed by atoms with Gasteiger partial charge in [-0.25, -0.2) is 0 Å². The Labute approximate surface area is 138 Å². The van der Waals surface area contributed by atoms with E-state index in [1.165, 1.54) is 0 Å². The summed E-state index contributed by atoms with van der Waals surface area (Å²) < 4.78 is 5.17. The van der Waals surface area contributed by atoms with E-state index in [1.54, 1.807) is 26.1 Å². The second kappa shape index (κ2) is 7.68. The lowest BCUT2D eigenvalue weighted by atomic mass is 9.92. The van der Waals surface area contributed by atoms with Gasteiger partial charge in [0, 0.05) is 25.7 Å². The summed E-state index contributed by atoms with van der Waals surface area (Å²) in [7, 11) is 5.20. The number of likely N-dealkylation sites (N-methyl/N-ethyl adjacent to an activating group) is 1. The zero-order valence-corrected chi connectivity index (χ0v) is 14.1. The molecule has 0 aliphatic heterocycles. The predicted molar refractivity (Wildman–Crippen MR) is 94.0 cm³/mol. The van der Waals surface area contributed by atoms with Crippen LogP contribution in [0.2, 0.25) is 0 Å². The molecule has 0 unspecified atom stereocenters. The standard InChI is InChI=1S/C19H24N2O2/c1-14(15-8-6-5-7-9-15)18(19(22)21(2)3)20-16-10-12-17(23-4)13-11-16/h5-14,18,20H,1-4H3/t14-,18-/m0/s1. The Kier molecular flexibility index (Phi) is 5.63. The molecule has 23 heavy (non-hydrogen) atoms. The third-order valence-corrected chi connectivity index (χ3v) is 3.94. The van der Waals surface area contributed by atoms with Gasteiger partial charge in [-0.1, -0.05) is 37.3 Å². The molecule has 0 spiro atoms. The molecule has 0 bridgehead atoms. The number of carbonyl (C=O) groups excluding carboxylic acids is 1. The summed E-state index contributed by atoms with van der Waals surface area (Å²) in [6.45, 7) is 2.07. The number of ether oxygens (including phenoxy) is 1. The molecule has 0 saturated heterocycles. The van der Waals surface area contributed by atoms with Crippen LogP contribution in [0.1, 0.15) is 18.4 Å². The maximum absolute atomic E-state index is 12.6. The largest absolute Gasteiger partial charge is 0.497 e. The van der Waals surface area contributed by atoms with E-state index in [1.807, 2.05) is 42.5 Å². The van der Waals surface area contributed by atoms with Crippen molar-refractivity contribution in [3.63, 3.8) is 0 Å². The van der Waals surface area contributed by atoms with Crippen LogP contribution in [0.25, 0.3) is 0 Å². The van der Waals surface area contributed by atoms with Gasteiger partial charge >= 0.3 is 0 Å². The number of hydrogen-bond donors (Lipinski definition) is 1. The quantitative estimate of drug-likeness (QED) is 0.889. The molecule has 0 aromatic heterocycles. The highest BCUT2D eigenvalue weighted by Crippen LogP contribution is 2.24. The molecule has 2 aromatic carbocycles. The van der Waals surface area contributed by atoms with Crippen molar-refractivity contribution in [2.45, 2.75) is 18.9 Å². The van der Waals surface area contributed by atoms with E-state index >= 15 is 0 Å². The van der Waals surface area contributed by atoms with Crippen LogP contribution < -0.4 is 10.1 Å². The van der Waals surface area contributed by atoms with Crippen LogP contribution in [-0.4, -0.2) is 38.1 Å². The summed E-state index contributed by atoms with van der Waals surface area (Å²) >= 11 is 0. The molecular weight excluding hydrogens is 288 g/mol. The molecule has 1 N–H and O–H groups in total. The van der Waals surface area contributed by atoms with Gasteiger partial charge in [0.1, 0.15) is 11.8 Å². The summed E-state index contributed by atoms with van der Waals surface area (Å²) in [6, 6.07) is 17.4. The van der Waals surface area contributed by atoms with Gasteiger partial charge in [-0.3, -0.25) is 4.79 Å². The normalized spacial score (nSPS) is 13.0. The number of rotatable bonds is 6. The molecule has 2 aromatic rings. The van der Waals surface area contributed by atoms with Crippen molar-refractivity contribution in [2.24, 2.45) is 0 Å². The van der Waals surface area contributed by atoms with E-state index in [2.05, 4.69) is 24.4 Å². The van der Waals surface area contributed by atoms with Gasteiger partial charge in [0.25, 0.3) is 0 Å². The first-order chi connectivity index (χ1) is 11.0. The van der Waals surface area contributed by atoms with Crippen molar-refractivity contribution < 1.29 is 9.53 Å². The molecular formula is C19H24N2O2. The van der Waals surface area contributed by atoms with Gasteiger partial charge in [0.2, 0.25) is 5.91 Å². The second-order valence-electron chi connectivity index (χ2n) is 5.78. The number of nitrogens with one attached hydrogen (secondary N) is 1. The van der Waals surface area contributed by atoms with E-state index in [-0.39, 0.29) is 17.9 Å². The van der Waals surface area contributed by atoms with Crippen LogP contribution in [0.5, 0.6) is 5.75 Å². The minimum atomic E-state index is -0.333. The number of anilines is 1. The molecule has 2 rings (SSSR count). The van der Waals surface area contributed by atoms with Gasteiger partial charge in [-0.15, -0.1) is 0 Å². The van der Waals surface area contributed by atoms with Gasteiger partial charge in [0.15, 0.2) is 0 Å². The Hall–Kier alpha value is -2.49. The van der Waals surface area contributed by atoms with Crippen molar-refractivity contribution >= 4 is 11.6 Å². The number of methoxy groups -OCH3 is 1. The Balaban J connectivity index is 2.24. The van der Waals surface area contributed by atoms with Crippen molar-refractivity contribution in [3.8, 4) is 5.75 Å². The van der Waals surface area contributed by atoms with Gasteiger partial charge in [-0.2, -0.15) is 0 Å². The number of hydrogen-bond acceptors (Lipinski definition) is 3. The Bertz CT molecular complexity index is 624. The van der Waals surface area contributed by atoms with Crippen LogP contribution in [0.4, 0.5) is 5.69 Å². The first-order valence-electron chi connectivity index (χ1n) is 7.69. The number of nitrogens with zero attached hydrogens (tertiary/aromatic N) is 1. The molecule has 0 radical (unpaired) electrons. The molecule has 0 fully saturated rings. The predicted octanol–water partition coefficient (Wildman–Crippen LogP) is 3.37. The van der Waals surface area contributed by atoms with E-state index in [0.29, 0.717) is 0 Å². The lowest BCUT2D eigenvalue weighted by molar-refractivity contribution is -0.129. The van der Waals surface area contributed by atoms with Crippen LogP contribution in [0.15, 0.2) is 54.6 Å². The summed E-state index contributed by atoms with van der Waals surface area (Å²) in [5, 5.41) is 3.36. The third kappa shape index (κ3) is 4.25. The zero-order valence-electron chi connectivity index (χ0n) is 14.1. The summed E-state index contributed by atoms with van der Waals surface area (Å²) in [6.07, 6.45) is 0. The summed E-state index contributed by atoms with van der Waals surface area (Å²) in [4.78, 5) is 14.2. The van der Waals surface area contributed by atoms with E-state index in [0.717, 1.165) is 17.0 Å². The highest BCUT2D eigenvalue weighted by Gasteiger charge is 2.27. The smallest absolute Gasteiger partial charge is 0.245 e. The SMILES string of the molecule is COc1ccc(N[C@H](C(=O)N(C)C)[C@@H](C)c2ccccc2)cc1. The molecule has 1 amide bonds. The highest BCUT2D eigenvalue weighted by molar-refractivity contribution is 5.85.